The van der Waals surface area contributed by atoms with Gasteiger partial charge in [0.15, 0.2) is 11.5 Å². The molecule has 2 atom stereocenters. The number of anilines is 2. The maximum atomic E-state index is 11.6. The van der Waals surface area contributed by atoms with Crippen LogP contribution >= 0.6 is 11.6 Å². The number of ether oxygens (including phenoxy) is 2. The number of nitrogens with zero attached hydrogens (tertiary/aromatic N) is 1. The van der Waals surface area contributed by atoms with E-state index in [-0.39, 0.29) is 17.2 Å². The van der Waals surface area contributed by atoms with Gasteiger partial charge in [0.25, 0.3) is 0 Å². The summed E-state index contributed by atoms with van der Waals surface area (Å²) in [7, 11) is 1.33. The second-order valence-corrected chi connectivity index (χ2v) is 5.65. The first-order valence-corrected chi connectivity index (χ1v) is 7.36. The number of methoxy groups -OCH3 is 1. The third-order valence-corrected chi connectivity index (χ3v) is 3.31. The molecule has 0 bridgehead atoms. The average molecular weight is 314 g/mol. The molecular weight excluding hydrogens is 294 g/mol. The van der Waals surface area contributed by atoms with Gasteiger partial charge in [0.1, 0.15) is 0 Å². The largest absolute Gasteiger partial charge is 0.464 e. The van der Waals surface area contributed by atoms with Crippen molar-refractivity contribution < 1.29 is 14.3 Å². The lowest BCUT2D eigenvalue weighted by molar-refractivity contribution is -0.0410. The molecule has 116 valence electrons. The Hall–Kier alpha value is -1.53. The van der Waals surface area contributed by atoms with Gasteiger partial charge in [-0.3, -0.25) is 0 Å². The molecule has 2 unspecified atom stereocenters. The summed E-state index contributed by atoms with van der Waals surface area (Å²) < 4.78 is 10.1. The SMILES string of the molecule is COC(=O)c1ccc(NCC(C)Cl)c(NCC2CCO2)n1. The van der Waals surface area contributed by atoms with Crippen molar-refractivity contribution in [2.75, 3.05) is 37.4 Å². The van der Waals surface area contributed by atoms with Crippen LogP contribution in [0.5, 0.6) is 0 Å². The molecule has 2 N–H and O–H groups in total. The Bertz CT molecular complexity index is 492. The number of rotatable bonds is 7. The molecule has 1 saturated heterocycles. The lowest BCUT2D eigenvalue weighted by Crippen LogP contribution is -2.34. The van der Waals surface area contributed by atoms with Gasteiger partial charge >= 0.3 is 5.97 Å². The fourth-order valence-electron chi connectivity index (χ4n) is 1.86. The Kier molecular flexibility index (Phi) is 5.64. The summed E-state index contributed by atoms with van der Waals surface area (Å²) in [6.07, 6.45) is 1.24. The number of hydrogen-bond acceptors (Lipinski definition) is 6. The molecule has 2 heterocycles. The predicted molar refractivity (Wildman–Crippen MR) is 82.2 cm³/mol. The molecule has 1 aliphatic rings. The third kappa shape index (κ3) is 4.47. The predicted octanol–water partition coefficient (Wildman–Crippen LogP) is 2.11. The van der Waals surface area contributed by atoms with Gasteiger partial charge in [0.05, 0.1) is 18.9 Å². The molecule has 1 aromatic rings. The number of esters is 1. The molecule has 0 saturated carbocycles. The van der Waals surface area contributed by atoms with Gasteiger partial charge in [-0.1, -0.05) is 0 Å². The highest BCUT2D eigenvalue weighted by Crippen LogP contribution is 2.22. The van der Waals surface area contributed by atoms with E-state index in [1.165, 1.54) is 7.11 Å². The van der Waals surface area contributed by atoms with Crippen molar-refractivity contribution in [1.29, 1.82) is 0 Å². The van der Waals surface area contributed by atoms with Crippen molar-refractivity contribution >= 4 is 29.1 Å². The summed E-state index contributed by atoms with van der Waals surface area (Å²) in [6, 6.07) is 3.42. The van der Waals surface area contributed by atoms with E-state index >= 15 is 0 Å². The zero-order valence-electron chi connectivity index (χ0n) is 12.2. The van der Waals surface area contributed by atoms with Crippen LogP contribution in [0, 0.1) is 0 Å². The number of carbonyl (C=O) groups is 1. The standard InChI is InChI=1S/C14H20ClN3O3/c1-9(15)7-16-11-3-4-12(14(19)20-2)18-13(11)17-8-10-5-6-21-10/h3-4,9-10,16H,5-8H2,1-2H3,(H,17,18). The van der Waals surface area contributed by atoms with Gasteiger partial charge in [-0.05, 0) is 25.5 Å². The van der Waals surface area contributed by atoms with E-state index in [1.807, 2.05) is 6.92 Å². The molecule has 0 radical (unpaired) electrons. The summed E-state index contributed by atoms with van der Waals surface area (Å²) in [6.45, 7) is 3.97. The van der Waals surface area contributed by atoms with Crippen LogP contribution in [0.15, 0.2) is 12.1 Å². The van der Waals surface area contributed by atoms with Gasteiger partial charge in [-0.2, -0.15) is 0 Å². The van der Waals surface area contributed by atoms with Crippen LogP contribution in [0.3, 0.4) is 0 Å². The molecule has 0 spiro atoms. The fourth-order valence-corrected chi connectivity index (χ4v) is 1.94. The molecule has 1 aliphatic heterocycles. The van der Waals surface area contributed by atoms with E-state index in [9.17, 15) is 4.79 Å². The summed E-state index contributed by atoms with van der Waals surface area (Å²) in [4.78, 5) is 15.9. The molecule has 1 aromatic heterocycles. The van der Waals surface area contributed by atoms with Crippen LogP contribution in [0.2, 0.25) is 0 Å². The van der Waals surface area contributed by atoms with E-state index in [0.29, 0.717) is 18.9 Å². The highest BCUT2D eigenvalue weighted by molar-refractivity contribution is 6.20. The molecule has 1 fully saturated rings. The molecule has 0 amide bonds. The minimum absolute atomic E-state index is 0.00639. The first kappa shape index (κ1) is 15.9. The Morgan fingerprint density at radius 2 is 2.33 bits per heavy atom. The second-order valence-electron chi connectivity index (χ2n) is 4.91. The quantitative estimate of drug-likeness (QED) is 0.593. The molecule has 6 nitrogen and oxygen atoms in total. The number of alkyl halides is 1. The minimum Gasteiger partial charge on any atom is -0.464 e. The van der Waals surface area contributed by atoms with Gasteiger partial charge in [-0.15, -0.1) is 11.6 Å². The van der Waals surface area contributed by atoms with Crippen molar-refractivity contribution in [3.8, 4) is 0 Å². The first-order chi connectivity index (χ1) is 10.1. The molecule has 0 aromatic carbocycles. The lowest BCUT2D eigenvalue weighted by Gasteiger charge is -2.27. The van der Waals surface area contributed by atoms with Crippen LogP contribution < -0.4 is 10.6 Å². The number of aromatic nitrogens is 1. The van der Waals surface area contributed by atoms with Gasteiger partial charge < -0.3 is 20.1 Å². The molecule has 21 heavy (non-hydrogen) atoms. The zero-order valence-corrected chi connectivity index (χ0v) is 12.9. The molecule has 2 rings (SSSR count). The van der Waals surface area contributed by atoms with Crippen LogP contribution in [-0.4, -0.2) is 49.2 Å². The highest BCUT2D eigenvalue weighted by Gasteiger charge is 2.19. The maximum Gasteiger partial charge on any atom is 0.356 e. The van der Waals surface area contributed by atoms with Crippen LogP contribution in [0.4, 0.5) is 11.5 Å². The van der Waals surface area contributed by atoms with Crippen LogP contribution in [-0.2, 0) is 9.47 Å². The van der Waals surface area contributed by atoms with Crippen LogP contribution in [0.1, 0.15) is 23.8 Å². The van der Waals surface area contributed by atoms with Gasteiger partial charge in [0.2, 0.25) is 0 Å². The Morgan fingerprint density at radius 1 is 1.57 bits per heavy atom. The van der Waals surface area contributed by atoms with Crippen molar-refractivity contribution in [2.45, 2.75) is 24.8 Å². The smallest absolute Gasteiger partial charge is 0.356 e. The van der Waals surface area contributed by atoms with Crippen molar-refractivity contribution in [2.24, 2.45) is 0 Å². The van der Waals surface area contributed by atoms with E-state index < -0.39 is 5.97 Å². The van der Waals surface area contributed by atoms with Gasteiger partial charge in [0, 0.05) is 25.1 Å². The normalized spacial score (nSPS) is 18.5. The summed E-state index contributed by atoms with van der Waals surface area (Å²) in [5.74, 6) is 0.140. The van der Waals surface area contributed by atoms with E-state index in [2.05, 4.69) is 15.6 Å². The third-order valence-electron chi connectivity index (χ3n) is 3.15. The van der Waals surface area contributed by atoms with Crippen molar-refractivity contribution in [1.82, 2.24) is 4.98 Å². The summed E-state index contributed by atoms with van der Waals surface area (Å²) >= 11 is 5.95. The molecular formula is C14H20ClN3O3. The second kappa shape index (κ2) is 7.47. The monoisotopic (exact) mass is 313 g/mol. The fraction of sp³-hybridized carbons (Fsp3) is 0.571. The zero-order chi connectivity index (χ0) is 15.2. The van der Waals surface area contributed by atoms with E-state index in [4.69, 9.17) is 21.1 Å². The topological polar surface area (TPSA) is 72.5 Å². The number of pyridine rings is 1. The Labute approximate surface area is 129 Å². The van der Waals surface area contributed by atoms with Crippen molar-refractivity contribution in [3.63, 3.8) is 0 Å². The molecule has 7 heteroatoms. The van der Waals surface area contributed by atoms with Crippen LogP contribution in [0.25, 0.3) is 0 Å². The Morgan fingerprint density at radius 3 is 2.90 bits per heavy atom. The summed E-state index contributed by atoms with van der Waals surface area (Å²) in [5, 5.41) is 6.41. The first-order valence-electron chi connectivity index (χ1n) is 6.93. The van der Waals surface area contributed by atoms with Crippen molar-refractivity contribution in [3.05, 3.63) is 17.8 Å². The van der Waals surface area contributed by atoms with E-state index in [0.717, 1.165) is 18.7 Å². The van der Waals surface area contributed by atoms with Gasteiger partial charge in [-0.25, -0.2) is 9.78 Å². The summed E-state index contributed by atoms with van der Waals surface area (Å²) in [5.41, 5.74) is 1.06. The molecule has 0 aliphatic carbocycles. The Balaban J connectivity index is 2.10. The highest BCUT2D eigenvalue weighted by atomic mass is 35.5. The number of carbonyl (C=O) groups excluding carboxylic acids is 1. The number of halogens is 1. The number of nitrogens with one attached hydrogen (secondary N) is 2. The number of hydrogen-bond donors (Lipinski definition) is 2. The lowest BCUT2D eigenvalue weighted by atomic mass is 10.2. The maximum absolute atomic E-state index is 11.6. The van der Waals surface area contributed by atoms with E-state index in [1.54, 1.807) is 12.1 Å². The average Bonchev–Trinajstić information content (AvgIpc) is 2.43. The minimum atomic E-state index is -0.463.